The highest BCUT2D eigenvalue weighted by molar-refractivity contribution is 5.78. The summed E-state index contributed by atoms with van der Waals surface area (Å²) in [6.45, 7) is 4.05. The molecule has 1 heterocycles. The molecule has 110 valence electrons. The van der Waals surface area contributed by atoms with Crippen LogP contribution in [-0.4, -0.2) is 17.5 Å². The lowest BCUT2D eigenvalue weighted by atomic mass is 10.1. The Bertz CT molecular complexity index is 567. The number of nitrogens with zero attached hydrogens (tertiary/aromatic N) is 1. The van der Waals surface area contributed by atoms with Crippen molar-refractivity contribution < 1.29 is 9.53 Å². The molecular formula is C17H20N2O2. The molecule has 1 aromatic carbocycles. The van der Waals surface area contributed by atoms with Crippen molar-refractivity contribution in [1.82, 2.24) is 10.3 Å². The third-order valence-corrected chi connectivity index (χ3v) is 3.29. The number of carbonyl (C=O) groups excluding carboxylic acids is 1. The molecule has 21 heavy (non-hydrogen) atoms. The van der Waals surface area contributed by atoms with Crippen LogP contribution in [0.2, 0.25) is 0 Å². The Labute approximate surface area is 125 Å². The highest BCUT2D eigenvalue weighted by atomic mass is 16.5. The summed E-state index contributed by atoms with van der Waals surface area (Å²) in [5.41, 5.74) is 2.27. The largest absolute Gasteiger partial charge is 0.484 e. The van der Waals surface area contributed by atoms with Crippen LogP contribution >= 0.6 is 0 Å². The van der Waals surface area contributed by atoms with Crippen molar-refractivity contribution in [2.45, 2.75) is 26.3 Å². The molecule has 0 fully saturated rings. The van der Waals surface area contributed by atoms with Gasteiger partial charge < -0.3 is 10.1 Å². The zero-order valence-corrected chi connectivity index (χ0v) is 12.4. The first-order chi connectivity index (χ1) is 10.2. The fraction of sp³-hybridized carbons (Fsp3) is 0.294. The fourth-order valence-electron chi connectivity index (χ4n) is 1.99. The third kappa shape index (κ3) is 4.60. The van der Waals surface area contributed by atoms with Crippen LogP contribution in [-0.2, 0) is 11.2 Å². The number of carbonyl (C=O) groups is 1. The summed E-state index contributed by atoms with van der Waals surface area (Å²) in [6, 6.07) is 11.5. The molecular weight excluding hydrogens is 264 g/mol. The van der Waals surface area contributed by atoms with Crippen LogP contribution in [0.4, 0.5) is 0 Å². The first-order valence-corrected chi connectivity index (χ1v) is 7.10. The number of aromatic nitrogens is 1. The molecule has 0 saturated carbocycles. The zero-order valence-electron chi connectivity index (χ0n) is 12.4. The Balaban J connectivity index is 1.81. The van der Waals surface area contributed by atoms with Gasteiger partial charge in [0.2, 0.25) is 0 Å². The van der Waals surface area contributed by atoms with Crippen LogP contribution in [0.1, 0.15) is 31.0 Å². The molecule has 0 spiro atoms. The predicted molar refractivity (Wildman–Crippen MR) is 82.1 cm³/mol. The van der Waals surface area contributed by atoms with E-state index in [2.05, 4.69) is 17.2 Å². The Morgan fingerprint density at radius 2 is 1.86 bits per heavy atom. The summed E-state index contributed by atoms with van der Waals surface area (Å²) in [6.07, 6.45) is 4.41. The van der Waals surface area contributed by atoms with Crippen LogP contribution in [0.15, 0.2) is 48.8 Å². The van der Waals surface area contributed by atoms with E-state index in [0.717, 1.165) is 12.0 Å². The summed E-state index contributed by atoms with van der Waals surface area (Å²) >= 11 is 0. The molecule has 0 bridgehead atoms. The fourth-order valence-corrected chi connectivity index (χ4v) is 1.99. The number of nitrogens with one attached hydrogen (secondary N) is 1. The highest BCUT2D eigenvalue weighted by Crippen LogP contribution is 2.13. The highest BCUT2D eigenvalue weighted by Gasteiger charge is 2.09. The van der Waals surface area contributed by atoms with Crippen LogP contribution in [0, 0.1) is 0 Å². The summed E-state index contributed by atoms with van der Waals surface area (Å²) in [4.78, 5) is 15.8. The van der Waals surface area contributed by atoms with Crippen LogP contribution in [0.25, 0.3) is 0 Å². The standard InChI is InChI=1S/C17H20N2O2/c1-3-14-4-6-16(7-5-14)21-12-17(20)19-13(2)15-8-10-18-11-9-15/h4-11,13H,3,12H2,1-2H3,(H,19,20). The number of amides is 1. The second-order valence-electron chi connectivity index (χ2n) is 4.86. The van der Waals surface area contributed by atoms with E-state index in [-0.39, 0.29) is 18.6 Å². The minimum atomic E-state index is -0.140. The van der Waals surface area contributed by atoms with Crippen molar-refractivity contribution >= 4 is 5.91 Å². The maximum Gasteiger partial charge on any atom is 0.258 e. The Morgan fingerprint density at radius 3 is 2.48 bits per heavy atom. The lowest BCUT2D eigenvalue weighted by Crippen LogP contribution is -2.31. The lowest BCUT2D eigenvalue weighted by Gasteiger charge is -2.14. The van der Waals surface area contributed by atoms with Crippen molar-refractivity contribution in [3.8, 4) is 5.75 Å². The second kappa shape index (κ2) is 7.43. The van der Waals surface area contributed by atoms with Gasteiger partial charge in [-0.25, -0.2) is 0 Å². The van der Waals surface area contributed by atoms with Gasteiger partial charge in [0.1, 0.15) is 5.75 Å². The molecule has 0 aliphatic rings. The van der Waals surface area contributed by atoms with Gasteiger partial charge in [-0.15, -0.1) is 0 Å². The summed E-state index contributed by atoms with van der Waals surface area (Å²) in [7, 11) is 0. The molecule has 4 nitrogen and oxygen atoms in total. The molecule has 1 amide bonds. The second-order valence-corrected chi connectivity index (χ2v) is 4.86. The minimum Gasteiger partial charge on any atom is -0.484 e. The number of hydrogen-bond donors (Lipinski definition) is 1. The molecule has 1 aromatic heterocycles. The molecule has 2 aromatic rings. The number of pyridine rings is 1. The SMILES string of the molecule is CCc1ccc(OCC(=O)NC(C)c2ccncc2)cc1. The number of ether oxygens (including phenoxy) is 1. The van der Waals surface area contributed by atoms with Crippen molar-refractivity contribution in [3.05, 3.63) is 59.9 Å². The van der Waals surface area contributed by atoms with E-state index in [1.54, 1.807) is 12.4 Å². The maximum atomic E-state index is 11.9. The zero-order chi connectivity index (χ0) is 15.1. The van der Waals surface area contributed by atoms with E-state index in [4.69, 9.17) is 4.74 Å². The first-order valence-electron chi connectivity index (χ1n) is 7.10. The molecule has 1 N–H and O–H groups in total. The average molecular weight is 284 g/mol. The van der Waals surface area contributed by atoms with Crippen molar-refractivity contribution in [3.63, 3.8) is 0 Å². The number of benzene rings is 1. The molecule has 2 rings (SSSR count). The molecule has 4 heteroatoms. The maximum absolute atomic E-state index is 11.9. The van der Waals surface area contributed by atoms with Gasteiger partial charge in [-0.05, 0) is 48.7 Å². The van der Waals surface area contributed by atoms with Gasteiger partial charge in [-0.1, -0.05) is 19.1 Å². The summed E-state index contributed by atoms with van der Waals surface area (Å²) in [5.74, 6) is 0.567. The topological polar surface area (TPSA) is 51.2 Å². The smallest absolute Gasteiger partial charge is 0.258 e. The van der Waals surface area contributed by atoms with Crippen LogP contribution in [0.5, 0.6) is 5.75 Å². The van der Waals surface area contributed by atoms with Gasteiger partial charge in [-0.3, -0.25) is 9.78 Å². The van der Waals surface area contributed by atoms with Crippen molar-refractivity contribution in [2.75, 3.05) is 6.61 Å². The number of hydrogen-bond acceptors (Lipinski definition) is 3. The normalized spacial score (nSPS) is 11.7. The van der Waals surface area contributed by atoms with E-state index in [1.807, 2.05) is 43.3 Å². The predicted octanol–water partition coefficient (Wildman–Crippen LogP) is 2.90. The molecule has 0 radical (unpaired) electrons. The quantitative estimate of drug-likeness (QED) is 0.887. The summed E-state index contributed by atoms with van der Waals surface area (Å²) in [5, 5.41) is 2.90. The molecule has 1 unspecified atom stereocenters. The van der Waals surface area contributed by atoms with Gasteiger partial charge in [0.15, 0.2) is 6.61 Å². The Morgan fingerprint density at radius 1 is 1.19 bits per heavy atom. The average Bonchev–Trinajstić information content (AvgIpc) is 2.54. The van der Waals surface area contributed by atoms with Crippen LogP contribution < -0.4 is 10.1 Å². The summed E-state index contributed by atoms with van der Waals surface area (Å²) < 4.78 is 5.48. The van der Waals surface area contributed by atoms with Gasteiger partial charge in [-0.2, -0.15) is 0 Å². The van der Waals surface area contributed by atoms with Crippen LogP contribution in [0.3, 0.4) is 0 Å². The number of rotatable bonds is 6. The van der Waals surface area contributed by atoms with Gasteiger partial charge in [0.25, 0.3) is 5.91 Å². The monoisotopic (exact) mass is 284 g/mol. The van der Waals surface area contributed by atoms with Gasteiger partial charge >= 0.3 is 0 Å². The van der Waals surface area contributed by atoms with E-state index >= 15 is 0 Å². The van der Waals surface area contributed by atoms with E-state index < -0.39 is 0 Å². The molecule has 1 atom stereocenters. The van der Waals surface area contributed by atoms with E-state index in [0.29, 0.717) is 5.75 Å². The Kier molecular flexibility index (Phi) is 5.32. The van der Waals surface area contributed by atoms with E-state index in [1.165, 1.54) is 5.56 Å². The van der Waals surface area contributed by atoms with Crippen molar-refractivity contribution in [2.24, 2.45) is 0 Å². The molecule has 0 aliphatic carbocycles. The van der Waals surface area contributed by atoms with E-state index in [9.17, 15) is 4.79 Å². The number of aryl methyl sites for hydroxylation is 1. The molecule has 0 saturated heterocycles. The minimum absolute atomic E-state index is 0.0148. The van der Waals surface area contributed by atoms with Crippen molar-refractivity contribution in [1.29, 1.82) is 0 Å². The first kappa shape index (κ1) is 15.0. The van der Waals surface area contributed by atoms with Gasteiger partial charge in [0, 0.05) is 12.4 Å². The lowest BCUT2D eigenvalue weighted by molar-refractivity contribution is -0.123. The third-order valence-electron chi connectivity index (χ3n) is 3.29. The Hall–Kier alpha value is -2.36. The molecule has 0 aliphatic heterocycles. The van der Waals surface area contributed by atoms with Gasteiger partial charge in [0.05, 0.1) is 6.04 Å².